The molecule has 6 heteroatoms. The van der Waals surface area contributed by atoms with E-state index in [-0.39, 0.29) is 17.1 Å². The van der Waals surface area contributed by atoms with Crippen LogP contribution in [-0.2, 0) is 19.4 Å². The van der Waals surface area contributed by atoms with E-state index >= 15 is 0 Å². The first-order valence-corrected chi connectivity index (χ1v) is 8.73. The summed E-state index contributed by atoms with van der Waals surface area (Å²) in [5.74, 6) is -0.964. The Morgan fingerprint density at radius 2 is 1.70 bits per heavy atom. The molecule has 0 N–H and O–H groups in total. The topological polar surface area (TPSA) is 60.4 Å². The number of carbonyl (C=O) groups is 1. The van der Waals surface area contributed by atoms with E-state index in [1.807, 2.05) is 0 Å². The Labute approximate surface area is 133 Å². The number of cyclic esters (lactones) is 1. The molecule has 0 spiro atoms. The average molecular weight is 332 g/mol. The first-order valence-electron chi connectivity index (χ1n) is 6.83. The van der Waals surface area contributed by atoms with Crippen molar-refractivity contribution in [1.29, 1.82) is 0 Å². The van der Waals surface area contributed by atoms with Gasteiger partial charge in [-0.1, -0.05) is 30.3 Å². The van der Waals surface area contributed by atoms with Gasteiger partial charge in [-0.25, -0.2) is 17.6 Å². The van der Waals surface area contributed by atoms with Crippen LogP contribution < -0.4 is 0 Å². The Bertz CT molecular complexity index is 912. The van der Waals surface area contributed by atoms with Crippen LogP contribution in [0.25, 0.3) is 11.1 Å². The second-order valence-electron chi connectivity index (χ2n) is 5.20. The van der Waals surface area contributed by atoms with Crippen molar-refractivity contribution in [2.45, 2.75) is 4.90 Å². The summed E-state index contributed by atoms with van der Waals surface area (Å²) in [5, 5.41) is 0. The molecule has 0 unspecified atom stereocenters. The predicted octanol–water partition coefficient (Wildman–Crippen LogP) is 2.70. The lowest BCUT2D eigenvalue weighted by Crippen LogP contribution is -2.03. The monoisotopic (exact) mass is 332 g/mol. The minimum absolute atomic E-state index is 0.0158. The van der Waals surface area contributed by atoms with E-state index in [2.05, 4.69) is 0 Å². The highest BCUT2D eigenvalue weighted by atomic mass is 32.2. The van der Waals surface area contributed by atoms with Gasteiger partial charge in [0.05, 0.1) is 10.5 Å². The van der Waals surface area contributed by atoms with Gasteiger partial charge in [0.25, 0.3) is 0 Å². The average Bonchev–Trinajstić information content (AvgIpc) is 2.89. The number of hydrogen-bond donors (Lipinski definition) is 0. The second-order valence-corrected chi connectivity index (χ2v) is 7.19. The molecule has 0 saturated carbocycles. The molecule has 0 aromatic heterocycles. The van der Waals surface area contributed by atoms with Crippen molar-refractivity contribution < 1.29 is 22.3 Å². The number of sulfone groups is 1. The van der Waals surface area contributed by atoms with Crippen LogP contribution >= 0.6 is 0 Å². The largest absolute Gasteiger partial charge is 0.457 e. The summed E-state index contributed by atoms with van der Waals surface area (Å²) >= 11 is 0. The summed E-state index contributed by atoms with van der Waals surface area (Å²) in [6, 6.07) is 11.9. The number of halogens is 1. The summed E-state index contributed by atoms with van der Waals surface area (Å²) in [6.07, 6.45) is 1.11. The van der Waals surface area contributed by atoms with Gasteiger partial charge in [-0.05, 0) is 23.8 Å². The number of hydrogen-bond acceptors (Lipinski definition) is 4. The molecule has 0 atom stereocenters. The van der Waals surface area contributed by atoms with Gasteiger partial charge in [0.2, 0.25) is 0 Å². The molecule has 1 heterocycles. The first-order chi connectivity index (χ1) is 10.9. The Kier molecular flexibility index (Phi) is 3.77. The van der Waals surface area contributed by atoms with Crippen LogP contribution in [0.4, 0.5) is 4.39 Å². The second kappa shape index (κ2) is 5.62. The maximum Gasteiger partial charge on any atom is 0.339 e. The lowest BCUT2D eigenvalue weighted by atomic mass is 9.96. The van der Waals surface area contributed by atoms with Crippen molar-refractivity contribution in [3.05, 3.63) is 65.5 Å². The van der Waals surface area contributed by atoms with Gasteiger partial charge in [0.1, 0.15) is 12.4 Å². The maximum absolute atomic E-state index is 13.1. The summed E-state index contributed by atoms with van der Waals surface area (Å²) in [6.45, 7) is -0.0158. The zero-order chi connectivity index (χ0) is 16.6. The van der Waals surface area contributed by atoms with Gasteiger partial charge < -0.3 is 4.74 Å². The molecule has 2 aromatic carbocycles. The number of rotatable bonds is 3. The van der Waals surface area contributed by atoms with Crippen molar-refractivity contribution in [2.75, 3.05) is 12.9 Å². The minimum Gasteiger partial charge on any atom is -0.457 e. The van der Waals surface area contributed by atoms with E-state index in [0.29, 0.717) is 16.7 Å². The summed E-state index contributed by atoms with van der Waals surface area (Å²) in [7, 11) is -3.46. The quantitative estimate of drug-likeness (QED) is 0.811. The van der Waals surface area contributed by atoms with E-state index in [0.717, 1.165) is 6.26 Å². The number of ether oxygens (including phenoxy) is 1. The molecule has 1 aliphatic rings. The van der Waals surface area contributed by atoms with Gasteiger partial charge in [0.15, 0.2) is 9.84 Å². The Morgan fingerprint density at radius 3 is 2.35 bits per heavy atom. The number of carbonyl (C=O) groups excluding carboxylic acids is 1. The normalized spacial score (nSPS) is 15.0. The van der Waals surface area contributed by atoms with Gasteiger partial charge in [-0.3, -0.25) is 0 Å². The van der Waals surface area contributed by atoms with Crippen molar-refractivity contribution in [1.82, 2.24) is 0 Å². The summed E-state index contributed by atoms with van der Waals surface area (Å²) in [4.78, 5) is 12.2. The van der Waals surface area contributed by atoms with Gasteiger partial charge in [0, 0.05) is 17.4 Å². The molecule has 0 aliphatic carbocycles. The molecular formula is C17H13FO4S. The van der Waals surface area contributed by atoms with Crippen molar-refractivity contribution in [2.24, 2.45) is 0 Å². The molecule has 3 rings (SSSR count). The van der Waals surface area contributed by atoms with E-state index in [9.17, 15) is 17.6 Å². The van der Waals surface area contributed by atoms with Crippen LogP contribution in [0.5, 0.6) is 0 Å². The van der Waals surface area contributed by atoms with Gasteiger partial charge >= 0.3 is 5.97 Å². The third kappa shape index (κ3) is 2.90. The third-order valence-corrected chi connectivity index (χ3v) is 4.75. The van der Waals surface area contributed by atoms with E-state index < -0.39 is 21.6 Å². The molecule has 4 nitrogen and oxygen atoms in total. The predicted molar refractivity (Wildman–Crippen MR) is 83.7 cm³/mol. The highest BCUT2D eigenvalue weighted by Gasteiger charge is 2.29. The Balaban J connectivity index is 2.25. The standard InChI is InChI=1S/C17H13FO4S/c1-23(20,21)15-5-3-2-4-13(15)14-10-22-17(19)16(14)11-6-8-12(18)9-7-11/h2-9H,10H2,1H3. The van der Waals surface area contributed by atoms with Crippen LogP contribution in [0, 0.1) is 5.82 Å². The van der Waals surface area contributed by atoms with E-state index in [4.69, 9.17) is 4.74 Å². The smallest absolute Gasteiger partial charge is 0.339 e. The van der Waals surface area contributed by atoms with Crippen LogP contribution in [0.3, 0.4) is 0 Å². The van der Waals surface area contributed by atoms with E-state index in [1.165, 1.54) is 30.3 Å². The van der Waals surface area contributed by atoms with Crippen LogP contribution in [0.2, 0.25) is 0 Å². The first kappa shape index (κ1) is 15.4. The lowest BCUT2D eigenvalue weighted by Gasteiger charge is -2.09. The molecule has 1 aliphatic heterocycles. The number of esters is 1. The Morgan fingerprint density at radius 1 is 1.04 bits per heavy atom. The SMILES string of the molecule is CS(=O)(=O)c1ccccc1C1=C(c2ccc(F)cc2)C(=O)OC1. The zero-order valence-electron chi connectivity index (χ0n) is 12.2. The summed E-state index contributed by atoms with van der Waals surface area (Å²) < 4.78 is 42.1. The van der Waals surface area contributed by atoms with Gasteiger partial charge in [-0.2, -0.15) is 0 Å². The maximum atomic E-state index is 13.1. The van der Waals surface area contributed by atoms with Crippen molar-refractivity contribution >= 4 is 27.0 Å². The van der Waals surface area contributed by atoms with E-state index in [1.54, 1.807) is 18.2 Å². The molecule has 0 radical (unpaired) electrons. The third-order valence-electron chi connectivity index (χ3n) is 3.60. The van der Waals surface area contributed by atoms with Crippen LogP contribution in [0.1, 0.15) is 11.1 Å². The molecule has 118 valence electrons. The fourth-order valence-electron chi connectivity index (χ4n) is 2.57. The molecule has 0 saturated heterocycles. The highest BCUT2D eigenvalue weighted by molar-refractivity contribution is 7.90. The minimum atomic E-state index is -3.46. The fourth-order valence-corrected chi connectivity index (χ4v) is 3.48. The molecule has 23 heavy (non-hydrogen) atoms. The Hall–Kier alpha value is -2.47. The fraction of sp³-hybridized carbons (Fsp3) is 0.118. The highest BCUT2D eigenvalue weighted by Crippen LogP contribution is 2.35. The summed E-state index contributed by atoms with van der Waals surface area (Å²) in [5.41, 5.74) is 1.68. The molecule has 0 amide bonds. The number of benzene rings is 2. The van der Waals surface area contributed by atoms with Crippen LogP contribution in [0.15, 0.2) is 53.4 Å². The molecular weight excluding hydrogens is 319 g/mol. The molecule has 2 aromatic rings. The van der Waals surface area contributed by atoms with Crippen molar-refractivity contribution in [3.63, 3.8) is 0 Å². The van der Waals surface area contributed by atoms with Crippen molar-refractivity contribution in [3.8, 4) is 0 Å². The lowest BCUT2D eigenvalue weighted by molar-refractivity contribution is -0.133. The zero-order valence-corrected chi connectivity index (χ0v) is 13.1. The molecule has 0 bridgehead atoms. The molecule has 0 fully saturated rings. The van der Waals surface area contributed by atoms with Crippen LogP contribution in [-0.4, -0.2) is 27.2 Å². The van der Waals surface area contributed by atoms with Gasteiger partial charge in [-0.15, -0.1) is 0 Å².